The van der Waals surface area contributed by atoms with E-state index in [1.54, 1.807) is 18.4 Å². The molecule has 1 saturated carbocycles. The Morgan fingerprint density at radius 1 is 1.47 bits per heavy atom. The van der Waals surface area contributed by atoms with E-state index in [4.69, 9.17) is 4.74 Å². The zero-order chi connectivity index (χ0) is 11.9. The smallest absolute Gasteiger partial charge is 0.0967 e. The third-order valence-corrected chi connectivity index (χ3v) is 4.40. The van der Waals surface area contributed by atoms with Gasteiger partial charge in [-0.15, -0.1) is 11.3 Å². The molecule has 17 heavy (non-hydrogen) atoms. The number of thiazole rings is 1. The standard InChI is InChI=1S/C13H15NO2S/c1-16-9-6-13(15,7-9)8-12-14-10-4-2-3-5-11(10)17-12/h2-5,9,15H,6-8H2,1H3. The summed E-state index contributed by atoms with van der Waals surface area (Å²) in [4.78, 5) is 4.55. The Bertz CT molecular complexity index is 498. The third kappa shape index (κ3) is 2.08. The summed E-state index contributed by atoms with van der Waals surface area (Å²) in [7, 11) is 1.70. The van der Waals surface area contributed by atoms with Crippen LogP contribution in [0.3, 0.4) is 0 Å². The number of hydrogen-bond acceptors (Lipinski definition) is 4. The highest BCUT2D eigenvalue weighted by Gasteiger charge is 2.43. The van der Waals surface area contributed by atoms with Crippen LogP contribution in [0, 0.1) is 0 Å². The average Bonchev–Trinajstić information content (AvgIpc) is 2.67. The molecule has 3 rings (SSSR count). The van der Waals surface area contributed by atoms with Gasteiger partial charge in [0.05, 0.1) is 26.9 Å². The monoisotopic (exact) mass is 249 g/mol. The molecule has 2 aromatic rings. The van der Waals surface area contributed by atoms with E-state index in [2.05, 4.69) is 11.1 Å². The molecule has 1 aromatic carbocycles. The summed E-state index contributed by atoms with van der Waals surface area (Å²) in [6.45, 7) is 0. The quantitative estimate of drug-likeness (QED) is 0.908. The fourth-order valence-corrected chi connectivity index (χ4v) is 3.48. The number of hydrogen-bond donors (Lipinski definition) is 1. The lowest BCUT2D eigenvalue weighted by Gasteiger charge is -2.42. The first-order valence-electron chi connectivity index (χ1n) is 5.78. The maximum Gasteiger partial charge on any atom is 0.0967 e. The van der Waals surface area contributed by atoms with E-state index in [-0.39, 0.29) is 6.10 Å². The van der Waals surface area contributed by atoms with Gasteiger partial charge in [-0.3, -0.25) is 0 Å². The lowest BCUT2D eigenvalue weighted by molar-refractivity contribution is -0.126. The summed E-state index contributed by atoms with van der Waals surface area (Å²) in [5.74, 6) is 0. The van der Waals surface area contributed by atoms with Crippen LogP contribution in [-0.2, 0) is 11.2 Å². The molecule has 1 aliphatic carbocycles. The van der Waals surface area contributed by atoms with Crippen LogP contribution in [0.25, 0.3) is 10.2 Å². The van der Waals surface area contributed by atoms with E-state index in [1.165, 1.54) is 4.70 Å². The van der Waals surface area contributed by atoms with Crippen LogP contribution in [0.2, 0.25) is 0 Å². The largest absolute Gasteiger partial charge is 0.389 e. The third-order valence-electron chi connectivity index (χ3n) is 3.37. The van der Waals surface area contributed by atoms with Crippen molar-refractivity contribution in [1.82, 2.24) is 4.98 Å². The van der Waals surface area contributed by atoms with Gasteiger partial charge >= 0.3 is 0 Å². The molecule has 1 heterocycles. The van der Waals surface area contributed by atoms with E-state index in [9.17, 15) is 5.11 Å². The van der Waals surface area contributed by atoms with Gasteiger partial charge in [-0.1, -0.05) is 12.1 Å². The minimum atomic E-state index is -0.603. The molecule has 0 saturated heterocycles. The Morgan fingerprint density at radius 3 is 2.94 bits per heavy atom. The molecular formula is C13H15NO2S. The lowest BCUT2D eigenvalue weighted by atomic mass is 9.75. The molecule has 0 amide bonds. The van der Waals surface area contributed by atoms with Crippen LogP contribution in [-0.4, -0.2) is 28.9 Å². The van der Waals surface area contributed by atoms with E-state index in [1.807, 2.05) is 18.2 Å². The number of nitrogens with zero attached hydrogens (tertiary/aromatic N) is 1. The van der Waals surface area contributed by atoms with Crippen molar-refractivity contribution in [3.63, 3.8) is 0 Å². The molecule has 0 spiro atoms. The predicted octanol–water partition coefficient (Wildman–Crippen LogP) is 2.38. The van der Waals surface area contributed by atoms with Gasteiger partial charge in [0.25, 0.3) is 0 Å². The highest BCUT2D eigenvalue weighted by atomic mass is 32.1. The van der Waals surface area contributed by atoms with Crippen LogP contribution in [0.4, 0.5) is 0 Å². The molecule has 1 fully saturated rings. The predicted molar refractivity (Wildman–Crippen MR) is 68.3 cm³/mol. The first kappa shape index (κ1) is 11.1. The minimum Gasteiger partial charge on any atom is -0.389 e. The number of fused-ring (bicyclic) bond motifs is 1. The number of para-hydroxylation sites is 1. The summed E-state index contributed by atoms with van der Waals surface area (Å²) in [6, 6.07) is 8.09. The second kappa shape index (κ2) is 4.05. The van der Waals surface area contributed by atoms with E-state index < -0.39 is 5.60 Å². The van der Waals surface area contributed by atoms with Gasteiger partial charge in [-0.25, -0.2) is 4.98 Å². The van der Waals surface area contributed by atoms with Crippen molar-refractivity contribution in [2.75, 3.05) is 7.11 Å². The van der Waals surface area contributed by atoms with Crippen LogP contribution in [0.1, 0.15) is 17.8 Å². The van der Waals surface area contributed by atoms with Gasteiger partial charge in [0, 0.05) is 26.4 Å². The number of benzene rings is 1. The second-order valence-electron chi connectivity index (χ2n) is 4.74. The summed E-state index contributed by atoms with van der Waals surface area (Å²) in [5.41, 5.74) is 0.424. The zero-order valence-electron chi connectivity index (χ0n) is 9.72. The molecular weight excluding hydrogens is 234 g/mol. The fraction of sp³-hybridized carbons (Fsp3) is 0.462. The summed E-state index contributed by atoms with van der Waals surface area (Å²) >= 11 is 1.67. The molecule has 0 radical (unpaired) electrons. The topological polar surface area (TPSA) is 42.4 Å². The number of aromatic nitrogens is 1. The molecule has 90 valence electrons. The van der Waals surface area contributed by atoms with Gasteiger partial charge < -0.3 is 9.84 Å². The Kier molecular flexibility index (Phi) is 2.65. The summed E-state index contributed by atoms with van der Waals surface area (Å²) < 4.78 is 6.39. The molecule has 1 N–H and O–H groups in total. The van der Waals surface area contributed by atoms with Crippen molar-refractivity contribution >= 4 is 21.6 Å². The first-order valence-corrected chi connectivity index (χ1v) is 6.60. The van der Waals surface area contributed by atoms with Crippen molar-refractivity contribution in [2.45, 2.75) is 31.0 Å². The Labute approximate surface area is 104 Å². The van der Waals surface area contributed by atoms with Gasteiger partial charge in [0.1, 0.15) is 0 Å². The SMILES string of the molecule is COC1CC(O)(Cc2nc3ccccc3s2)C1. The van der Waals surface area contributed by atoms with Crippen LogP contribution >= 0.6 is 11.3 Å². The number of ether oxygens (including phenoxy) is 1. The molecule has 0 bridgehead atoms. The van der Waals surface area contributed by atoms with Gasteiger partial charge in [0.15, 0.2) is 0 Å². The van der Waals surface area contributed by atoms with Crippen molar-refractivity contribution in [3.05, 3.63) is 29.3 Å². The lowest BCUT2D eigenvalue weighted by Crippen LogP contribution is -2.49. The number of aliphatic hydroxyl groups is 1. The maximum atomic E-state index is 10.3. The van der Waals surface area contributed by atoms with E-state index >= 15 is 0 Å². The van der Waals surface area contributed by atoms with Crippen LogP contribution < -0.4 is 0 Å². The van der Waals surface area contributed by atoms with E-state index in [0.29, 0.717) is 6.42 Å². The average molecular weight is 249 g/mol. The highest BCUT2D eigenvalue weighted by molar-refractivity contribution is 7.18. The number of rotatable bonds is 3. The molecule has 0 unspecified atom stereocenters. The Morgan fingerprint density at radius 2 is 2.24 bits per heavy atom. The van der Waals surface area contributed by atoms with Crippen LogP contribution in [0.15, 0.2) is 24.3 Å². The highest BCUT2D eigenvalue weighted by Crippen LogP contribution is 2.38. The van der Waals surface area contributed by atoms with Gasteiger partial charge in [-0.05, 0) is 12.1 Å². The van der Waals surface area contributed by atoms with Crippen molar-refractivity contribution in [1.29, 1.82) is 0 Å². The zero-order valence-corrected chi connectivity index (χ0v) is 10.5. The molecule has 1 aliphatic rings. The molecule has 3 nitrogen and oxygen atoms in total. The number of methoxy groups -OCH3 is 1. The van der Waals surface area contributed by atoms with Gasteiger partial charge in [0.2, 0.25) is 0 Å². The summed E-state index contributed by atoms with van der Waals surface area (Å²) in [6.07, 6.45) is 2.31. The first-order chi connectivity index (χ1) is 8.18. The van der Waals surface area contributed by atoms with Crippen molar-refractivity contribution < 1.29 is 9.84 Å². The van der Waals surface area contributed by atoms with Crippen LogP contribution in [0.5, 0.6) is 0 Å². The van der Waals surface area contributed by atoms with E-state index in [0.717, 1.165) is 23.4 Å². The summed E-state index contributed by atoms with van der Waals surface area (Å²) in [5, 5.41) is 11.3. The second-order valence-corrected chi connectivity index (χ2v) is 5.86. The molecule has 0 atom stereocenters. The normalized spacial score (nSPS) is 28.2. The molecule has 0 aliphatic heterocycles. The Balaban J connectivity index is 1.77. The van der Waals surface area contributed by atoms with Crippen molar-refractivity contribution in [2.24, 2.45) is 0 Å². The van der Waals surface area contributed by atoms with Gasteiger partial charge in [-0.2, -0.15) is 0 Å². The maximum absolute atomic E-state index is 10.3. The molecule has 4 heteroatoms. The fourth-order valence-electron chi connectivity index (χ4n) is 2.38. The Hall–Kier alpha value is -0.970. The minimum absolute atomic E-state index is 0.217. The molecule has 1 aromatic heterocycles. The van der Waals surface area contributed by atoms with Crippen molar-refractivity contribution in [3.8, 4) is 0 Å².